The molecule has 0 spiro atoms. The van der Waals surface area contributed by atoms with Gasteiger partial charge >= 0.3 is 0 Å². The van der Waals surface area contributed by atoms with E-state index in [9.17, 15) is 0 Å². The van der Waals surface area contributed by atoms with Gasteiger partial charge in [-0.1, -0.05) is 6.42 Å². The normalized spacial score (nSPS) is 32.6. The van der Waals surface area contributed by atoms with Crippen molar-refractivity contribution in [2.24, 2.45) is 5.92 Å². The number of rotatable bonds is 5. The minimum absolute atomic E-state index is 0.351. The number of hydrogen-bond acceptors (Lipinski definition) is 3. The molecule has 3 nitrogen and oxygen atoms in total. The number of piperidine rings is 1. The summed E-state index contributed by atoms with van der Waals surface area (Å²) in [5.41, 5.74) is 0. The van der Waals surface area contributed by atoms with E-state index >= 15 is 0 Å². The third kappa shape index (κ3) is 2.96. The molecule has 0 bridgehead atoms. The second-order valence-corrected chi connectivity index (χ2v) is 5.49. The predicted molar refractivity (Wildman–Crippen MR) is 66.5 cm³/mol. The first-order chi connectivity index (χ1) is 7.83. The van der Waals surface area contributed by atoms with E-state index in [-0.39, 0.29) is 0 Å². The molecule has 2 rings (SSSR count). The van der Waals surface area contributed by atoms with Gasteiger partial charge in [0, 0.05) is 31.8 Å². The van der Waals surface area contributed by atoms with Gasteiger partial charge in [-0.25, -0.2) is 0 Å². The van der Waals surface area contributed by atoms with Gasteiger partial charge in [0.1, 0.15) is 0 Å². The highest BCUT2D eigenvalue weighted by Crippen LogP contribution is 2.30. The molecule has 0 amide bonds. The Morgan fingerprint density at radius 1 is 1.31 bits per heavy atom. The van der Waals surface area contributed by atoms with Crippen molar-refractivity contribution in [2.75, 3.05) is 26.7 Å². The molecule has 1 saturated heterocycles. The Kier molecular flexibility index (Phi) is 4.62. The molecule has 0 aromatic rings. The number of aliphatic hydroxyl groups is 1. The maximum atomic E-state index is 8.92. The van der Waals surface area contributed by atoms with Crippen LogP contribution in [0.2, 0.25) is 0 Å². The molecule has 2 aliphatic rings. The van der Waals surface area contributed by atoms with E-state index in [1.807, 2.05) is 0 Å². The Morgan fingerprint density at radius 2 is 2.12 bits per heavy atom. The minimum atomic E-state index is 0.351. The fourth-order valence-corrected chi connectivity index (χ4v) is 3.09. The van der Waals surface area contributed by atoms with Gasteiger partial charge in [-0.15, -0.1) is 0 Å². The van der Waals surface area contributed by atoms with E-state index in [2.05, 4.69) is 17.3 Å². The second-order valence-electron chi connectivity index (χ2n) is 5.49. The summed E-state index contributed by atoms with van der Waals surface area (Å²) in [7, 11) is 2.08. The molecule has 2 atom stereocenters. The molecular weight excluding hydrogens is 200 g/mol. The Bertz CT molecular complexity index is 206. The predicted octanol–water partition coefficient (Wildman–Crippen LogP) is 1.22. The van der Waals surface area contributed by atoms with E-state index in [0.29, 0.717) is 12.6 Å². The molecule has 16 heavy (non-hydrogen) atoms. The van der Waals surface area contributed by atoms with Gasteiger partial charge < -0.3 is 10.4 Å². The van der Waals surface area contributed by atoms with E-state index < -0.39 is 0 Å². The zero-order valence-corrected chi connectivity index (χ0v) is 10.5. The third-order valence-corrected chi connectivity index (χ3v) is 4.34. The highest BCUT2D eigenvalue weighted by molar-refractivity contribution is 4.89. The van der Waals surface area contributed by atoms with Crippen LogP contribution in [0.15, 0.2) is 0 Å². The van der Waals surface area contributed by atoms with Crippen molar-refractivity contribution in [3.63, 3.8) is 0 Å². The van der Waals surface area contributed by atoms with Crippen LogP contribution in [0, 0.1) is 5.92 Å². The van der Waals surface area contributed by atoms with Crippen molar-refractivity contribution in [3.8, 4) is 0 Å². The standard InChI is InChI=1S/C13H26N2O/c1-14-12-8-11(4-3-7-16)9-15(10-12)13-5-2-6-13/h11-14,16H,2-10H2,1H3. The number of nitrogens with one attached hydrogen (secondary N) is 1. The molecule has 1 heterocycles. The maximum Gasteiger partial charge on any atom is 0.0431 e. The van der Waals surface area contributed by atoms with Crippen molar-refractivity contribution in [3.05, 3.63) is 0 Å². The molecule has 94 valence electrons. The monoisotopic (exact) mass is 226 g/mol. The Morgan fingerprint density at radius 3 is 2.69 bits per heavy atom. The fraction of sp³-hybridized carbons (Fsp3) is 1.00. The van der Waals surface area contributed by atoms with Crippen molar-refractivity contribution in [1.82, 2.24) is 10.2 Å². The van der Waals surface area contributed by atoms with Gasteiger partial charge in [0.05, 0.1) is 0 Å². The summed E-state index contributed by atoms with van der Waals surface area (Å²) >= 11 is 0. The van der Waals surface area contributed by atoms with Crippen LogP contribution >= 0.6 is 0 Å². The summed E-state index contributed by atoms with van der Waals surface area (Å²) in [4.78, 5) is 2.69. The first-order valence-electron chi connectivity index (χ1n) is 6.85. The number of likely N-dealkylation sites (tertiary alicyclic amines) is 1. The van der Waals surface area contributed by atoms with Crippen LogP contribution in [0.5, 0.6) is 0 Å². The molecule has 2 N–H and O–H groups in total. The maximum absolute atomic E-state index is 8.92. The summed E-state index contributed by atoms with van der Waals surface area (Å²) in [6, 6.07) is 1.53. The molecule has 1 aliphatic heterocycles. The number of likely N-dealkylation sites (N-methyl/N-ethyl adjacent to an activating group) is 1. The average molecular weight is 226 g/mol. The van der Waals surface area contributed by atoms with Crippen LogP contribution < -0.4 is 5.32 Å². The van der Waals surface area contributed by atoms with Crippen molar-refractivity contribution in [1.29, 1.82) is 0 Å². The lowest BCUT2D eigenvalue weighted by atomic mass is 9.85. The highest BCUT2D eigenvalue weighted by atomic mass is 16.2. The summed E-state index contributed by atoms with van der Waals surface area (Å²) < 4.78 is 0. The molecule has 2 unspecified atom stereocenters. The Labute approximate surface area is 99.2 Å². The van der Waals surface area contributed by atoms with Gasteiger partial charge in [-0.05, 0) is 45.1 Å². The number of nitrogens with zero attached hydrogens (tertiary/aromatic N) is 1. The van der Waals surface area contributed by atoms with E-state index in [0.717, 1.165) is 18.4 Å². The molecule has 3 heteroatoms. The SMILES string of the molecule is CNC1CC(CCCO)CN(C2CCC2)C1. The van der Waals surface area contributed by atoms with Crippen molar-refractivity contribution >= 4 is 0 Å². The van der Waals surface area contributed by atoms with Crippen LogP contribution in [0.3, 0.4) is 0 Å². The Hall–Kier alpha value is -0.120. The molecule has 1 aliphatic carbocycles. The molecule has 0 aromatic heterocycles. The van der Waals surface area contributed by atoms with Crippen LogP contribution in [0.1, 0.15) is 38.5 Å². The molecule has 0 aromatic carbocycles. The number of hydrogen-bond donors (Lipinski definition) is 2. The van der Waals surface area contributed by atoms with Gasteiger partial charge in [-0.3, -0.25) is 4.90 Å². The van der Waals surface area contributed by atoms with E-state index in [4.69, 9.17) is 5.11 Å². The summed E-state index contributed by atoms with van der Waals surface area (Å²) in [5.74, 6) is 0.791. The molecular formula is C13H26N2O. The zero-order chi connectivity index (χ0) is 11.4. The van der Waals surface area contributed by atoms with Gasteiger partial charge in [0.25, 0.3) is 0 Å². The third-order valence-electron chi connectivity index (χ3n) is 4.34. The highest BCUT2D eigenvalue weighted by Gasteiger charge is 2.32. The van der Waals surface area contributed by atoms with Gasteiger partial charge in [-0.2, -0.15) is 0 Å². The fourth-order valence-electron chi connectivity index (χ4n) is 3.09. The summed E-state index contributed by atoms with van der Waals surface area (Å²) in [5, 5.41) is 12.4. The van der Waals surface area contributed by atoms with Crippen LogP contribution in [0.25, 0.3) is 0 Å². The topological polar surface area (TPSA) is 35.5 Å². The summed E-state index contributed by atoms with van der Waals surface area (Å²) in [6.45, 7) is 2.85. The van der Waals surface area contributed by atoms with Gasteiger partial charge in [0.15, 0.2) is 0 Å². The largest absolute Gasteiger partial charge is 0.396 e. The summed E-state index contributed by atoms with van der Waals surface area (Å²) in [6.07, 6.45) is 7.69. The number of aliphatic hydroxyl groups excluding tert-OH is 1. The first kappa shape index (κ1) is 12.3. The quantitative estimate of drug-likeness (QED) is 0.740. The second kappa shape index (κ2) is 5.99. The lowest BCUT2D eigenvalue weighted by molar-refractivity contribution is 0.0559. The zero-order valence-electron chi connectivity index (χ0n) is 10.5. The van der Waals surface area contributed by atoms with Crippen molar-refractivity contribution in [2.45, 2.75) is 50.6 Å². The average Bonchev–Trinajstić information content (AvgIpc) is 2.23. The molecule has 0 radical (unpaired) electrons. The molecule has 1 saturated carbocycles. The van der Waals surface area contributed by atoms with Gasteiger partial charge in [0.2, 0.25) is 0 Å². The van der Waals surface area contributed by atoms with Crippen LogP contribution in [0.4, 0.5) is 0 Å². The van der Waals surface area contributed by atoms with E-state index in [1.165, 1.54) is 45.2 Å². The van der Waals surface area contributed by atoms with Crippen LogP contribution in [-0.2, 0) is 0 Å². The first-order valence-corrected chi connectivity index (χ1v) is 6.85. The lowest BCUT2D eigenvalue weighted by Gasteiger charge is -2.45. The molecule has 2 fully saturated rings. The smallest absolute Gasteiger partial charge is 0.0431 e. The lowest BCUT2D eigenvalue weighted by Crippen LogP contribution is -2.53. The van der Waals surface area contributed by atoms with Crippen molar-refractivity contribution < 1.29 is 5.11 Å². The van der Waals surface area contributed by atoms with Crippen LogP contribution in [-0.4, -0.2) is 48.8 Å². The Balaban J connectivity index is 1.83. The van der Waals surface area contributed by atoms with E-state index in [1.54, 1.807) is 0 Å². The minimum Gasteiger partial charge on any atom is -0.396 e.